The molecule has 1 fully saturated rings. The second-order valence-corrected chi connectivity index (χ2v) is 4.86. The fraction of sp³-hybridized carbons (Fsp3) is 0.750. The van der Waals surface area contributed by atoms with E-state index in [1.165, 1.54) is 0 Å². The minimum Gasteiger partial charge on any atom is -0.366 e. The minimum absolute atomic E-state index is 0.353. The molecule has 2 heterocycles. The molecule has 0 unspecified atom stereocenters. The molecule has 0 spiro atoms. The summed E-state index contributed by atoms with van der Waals surface area (Å²) in [5.41, 5.74) is 0. The van der Waals surface area contributed by atoms with Crippen molar-refractivity contribution in [3.8, 4) is 0 Å². The van der Waals surface area contributed by atoms with Crippen LogP contribution in [0.5, 0.6) is 0 Å². The van der Waals surface area contributed by atoms with Crippen LogP contribution in [0.15, 0.2) is 6.20 Å². The average molecular weight is 250 g/mol. The van der Waals surface area contributed by atoms with Gasteiger partial charge in [-0.05, 0) is 20.4 Å². The standard InChI is InChI=1S/C12H22N6/c1-4-17-5-7-18(8-6-17)12-15-11(9-13-16-12)14-10(2)3/h9-10H,4-8H2,1-3H3,(H,14,15,16). The molecule has 1 aromatic heterocycles. The van der Waals surface area contributed by atoms with Crippen molar-refractivity contribution in [3.05, 3.63) is 6.20 Å². The van der Waals surface area contributed by atoms with Crippen LogP contribution < -0.4 is 10.2 Å². The third kappa shape index (κ3) is 3.29. The maximum atomic E-state index is 4.51. The lowest BCUT2D eigenvalue weighted by molar-refractivity contribution is 0.269. The van der Waals surface area contributed by atoms with E-state index in [0.29, 0.717) is 6.04 Å². The quantitative estimate of drug-likeness (QED) is 0.854. The van der Waals surface area contributed by atoms with Gasteiger partial charge in [-0.2, -0.15) is 10.1 Å². The Morgan fingerprint density at radius 1 is 1.28 bits per heavy atom. The Morgan fingerprint density at radius 2 is 2.00 bits per heavy atom. The highest BCUT2D eigenvalue weighted by molar-refractivity contribution is 5.39. The van der Waals surface area contributed by atoms with E-state index in [-0.39, 0.29) is 0 Å². The van der Waals surface area contributed by atoms with Crippen molar-refractivity contribution in [1.82, 2.24) is 20.1 Å². The van der Waals surface area contributed by atoms with Crippen molar-refractivity contribution in [2.45, 2.75) is 26.8 Å². The second-order valence-electron chi connectivity index (χ2n) is 4.86. The third-order valence-corrected chi connectivity index (χ3v) is 3.09. The number of nitrogens with one attached hydrogen (secondary N) is 1. The van der Waals surface area contributed by atoms with Gasteiger partial charge in [-0.3, -0.25) is 0 Å². The molecule has 1 aliphatic rings. The highest BCUT2D eigenvalue weighted by atomic mass is 15.4. The first-order chi connectivity index (χ1) is 8.69. The summed E-state index contributed by atoms with van der Waals surface area (Å²) in [4.78, 5) is 9.14. The molecular formula is C12H22N6. The van der Waals surface area contributed by atoms with Gasteiger partial charge in [0, 0.05) is 32.2 Å². The number of rotatable bonds is 4. The number of hydrogen-bond donors (Lipinski definition) is 1. The molecule has 0 saturated carbocycles. The van der Waals surface area contributed by atoms with E-state index in [2.05, 4.69) is 51.1 Å². The highest BCUT2D eigenvalue weighted by Gasteiger charge is 2.18. The van der Waals surface area contributed by atoms with Gasteiger partial charge in [0.15, 0.2) is 5.82 Å². The van der Waals surface area contributed by atoms with Gasteiger partial charge in [-0.1, -0.05) is 6.92 Å². The Hall–Kier alpha value is -1.43. The SMILES string of the molecule is CCN1CCN(c2nncc(NC(C)C)n2)CC1. The largest absolute Gasteiger partial charge is 0.366 e. The second kappa shape index (κ2) is 5.95. The van der Waals surface area contributed by atoms with Crippen molar-refractivity contribution in [2.75, 3.05) is 42.9 Å². The fourth-order valence-electron chi connectivity index (χ4n) is 2.06. The predicted octanol–water partition coefficient (Wildman–Crippen LogP) is 0.834. The summed E-state index contributed by atoms with van der Waals surface area (Å²) in [6.45, 7) is 11.6. The fourth-order valence-corrected chi connectivity index (χ4v) is 2.06. The number of nitrogens with zero attached hydrogens (tertiary/aromatic N) is 5. The van der Waals surface area contributed by atoms with Gasteiger partial charge < -0.3 is 15.1 Å². The molecular weight excluding hydrogens is 228 g/mol. The first-order valence-electron chi connectivity index (χ1n) is 6.62. The maximum absolute atomic E-state index is 4.51. The summed E-state index contributed by atoms with van der Waals surface area (Å²) < 4.78 is 0. The Labute approximate surface area is 108 Å². The van der Waals surface area contributed by atoms with Gasteiger partial charge in [-0.15, -0.1) is 5.10 Å². The molecule has 0 amide bonds. The number of piperazine rings is 1. The molecule has 1 saturated heterocycles. The zero-order valence-corrected chi connectivity index (χ0v) is 11.4. The van der Waals surface area contributed by atoms with Crippen LogP contribution in [0.25, 0.3) is 0 Å². The molecule has 0 aliphatic carbocycles. The number of hydrogen-bond acceptors (Lipinski definition) is 6. The predicted molar refractivity (Wildman–Crippen MR) is 72.9 cm³/mol. The average Bonchev–Trinajstić information content (AvgIpc) is 2.38. The number of anilines is 2. The first kappa shape index (κ1) is 13.0. The van der Waals surface area contributed by atoms with Crippen LogP contribution >= 0.6 is 0 Å². The molecule has 1 N–H and O–H groups in total. The summed E-state index contributed by atoms with van der Waals surface area (Å²) in [7, 11) is 0. The van der Waals surface area contributed by atoms with Crippen LogP contribution in [0.4, 0.5) is 11.8 Å². The Morgan fingerprint density at radius 3 is 2.61 bits per heavy atom. The highest BCUT2D eigenvalue weighted by Crippen LogP contribution is 2.12. The Kier molecular flexibility index (Phi) is 4.30. The minimum atomic E-state index is 0.353. The molecule has 0 atom stereocenters. The molecule has 0 radical (unpaired) electrons. The molecule has 2 rings (SSSR count). The van der Waals surface area contributed by atoms with E-state index < -0.39 is 0 Å². The summed E-state index contributed by atoms with van der Waals surface area (Å²) in [6.07, 6.45) is 1.67. The zero-order chi connectivity index (χ0) is 13.0. The summed E-state index contributed by atoms with van der Waals surface area (Å²) in [6, 6.07) is 0.353. The van der Waals surface area contributed by atoms with Crippen molar-refractivity contribution >= 4 is 11.8 Å². The van der Waals surface area contributed by atoms with Crippen LogP contribution in [-0.4, -0.2) is 58.8 Å². The Bertz CT molecular complexity index is 373. The topological polar surface area (TPSA) is 57.2 Å². The number of likely N-dealkylation sites (N-methyl/N-ethyl adjacent to an activating group) is 1. The van der Waals surface area contributed by atoms with Gasteiger partial charge >= 0.3 is 0 Å². The van der Waals surface area contributed by atoms with Crippen LogP contribution in [0.1, 0.15) is 20.8 Å². The van der Waals surface area contributed by atoms with Gasteiger partial charge in [-0.25, -0.2) is 0 Å². The smallest absolute Gasteiger partial charge is 0.247 e. The maximum Gasteiger partial charge on any atom is 0.247 e. The van der Waals surface area contributed by atoms with E-state index in [1.807, 2.05) is 0 Å². The lowest BCUT2D eigenvalue weighted by atomic mass is 10.3. The van der Waals surface area contributed by atoms with Crippen molar-refractivity contribution in [3.63, 3.8) is 0 Å². The molecule has 18 heavy (non-hydrogen) atoms. The van der Waals surface area contributed by atoms with Crippen LogP contribution in [0.3, 0.4) is 0 Å². The van der Waals surface area contributed by atoms with E-state index in [0.717, 1.165) is 44.5 Å². The van der Waals surface area contributed by atoms with Crippen LogP contribution in [0, 0.1) is 0 Å². The van der Waals surface area contributed by atoms with Crippen molar-refractivity contribution < 1.29 is 0 Å². The van der Waals surface area contributed by atoms with Crippen LogP contribution in [-0.2, 0) is 0 Å². The normalized spacial score (nSPS) is 17.2. The lowest BCUT2D eigenvalue weighted by Crippen LogP contribution is -2.46. The lowest BCUT2D eigenvalue weighted by Gasteiger charge is -2.33. The number of aromatic nitrogens is 3. The van der Waals surface area contributed by atoms with Gasteiger partial charge in [0.25, 0.3) is 0 Å². The van der Waals surface area contributed by atoms with Crippen molar-refractivity contribution in [2.24, 2.45) is 0 Å². The zero-order valence-electron chi connectivity index (χ0n) is 11.4. The molecule has 100 valence electrons. The molecule has 1 aromatic rings. The van der Waals surface area contributed by atoms with E-state index in [1.54, 1.807) is 6.20 Å². The van der Waals surface area contributed by atoms with E-state index in [4.69, 9.17) is 0 Å². The third-order valence-electron chi connectivity index (χ3n) is 3.09. The molecule has 6 nitrogen and oxygen atoms in total. The first-order valence-corrected chi connectivity index (χ1v) is 6.62. The van der Waals surface area contributed by atoms with Crippen LogP contribution in [0.2, 0.25) is 0 Å². The van der Waals surface area contributed by atoms with Gasteiger partial charge in [0.2, 0.25) is 5.95 Å². The Balaban J connectivity index is 2.00. The molecule has 6 heteroatoms. The monoisotopic (exact) mass is 250 g/mol. The van der Waals surface area contributed by atoms with E-state index in [9.17, 15) is 0 Å². The van der Waals surface area contributed by atoms with Gasteiger partial charge in [0.1, 0.15) is 0 Å². The van der Waals surface area contributed by atoms with E-state index >= 15 is 0 Å². The molecule has 0 bridgehead atoms. The summed E-state index contributed by atoms with van der Waals surface area (Å²) >= 11 is 0. The van der Waals surface area contributed by atoms with Gasteiger partial charge in [0.05, 0.1) is 6.20 Å². The summed E-state index contributed by atoms with van der Waals surface area (Å²) in [5, 5.41) is 11.4. The molecule has 0 aromatic carbocycles. The summed E-state index contributed by atoms with van der Waals surface area (Å²) in [5.74, 6) is 1.53. The molecule has 1 aliphatic heterocycles. The van der Waals surface area contributed by atoms with Crippen molar-refractivity contribution in [1.29, 1.82) is 0 Å².